The van der Waals surface area contributed by atoms with Crippen molar-refractivity contribution in [1.82, 2.24) is 9.97 Å². The Morgan fingerprint density at radius 2 is 0.872 bits per heavy atom. The minimum Gasteiger partial charge on any atom is -0.493 e. The fourth-order valence-electron chi connectivity index (χ4n) is 4.82. The summed E-state index contributed by atoms with van der Waals surface area (Å²) in [6, 6.07) is 46.4. The van der Waals surface area contributed by atoms with Crippen molar-refractivity contribution >= 4 is 47.7 Å². The monoisotopic (exact) mass is 540 g/mol. The largest absolute Gasteiger partial charge is 0.493 e. The summed E-state index contributed by atoms with van der Waals surface area (Å²) >= 11 is 0. The van der Waals surface area contributed by atoms with Gasteiger partial charge in [-0.3, -0.25) is 4.98 Å². The summed E-state index contributed by atoms with van der Waals surface area (Å²) in [5, 5.41) is 18.5. The number of pyridine rings is 2. The van der Waals surface area contributed by atoms with E-state index in [1.54, 1.807) is 6.20 Å². The summed E-state index contributed by atoms with van der Waals surface area (Å²) in [5.41, 5.74) is 1.66. The van der Waals surface area contributed by atoms with E-state index in [9.17, 15) is 5.11 Å². The van der Waals surface area contributed by atoms with Crippen LogP contribution in [0.3, 0.4) is 0 Å². The zero-order chi connectivity index (χ0) is 26.4. The summed E-state index contributed by atoms with van der Waals surface area (Å²) in [5.74, 6) is 0.0252. The van der Waals surface area contributed by atoms with Gasteiger partial charge in [-0.25, -0.2) is 4.98 Å². The topological polar surface area (TPSA) is 46.0 Å². The minimum absolute atomic E-state index is 0.0252. The van der Waals surface area contributed by atoms with Crippen LogP contribution in [0, 0.1) is 0 Å². The van der Waals surface area contributed by atoms with Crippen LogP contribution in [-0.2, 0) is 0 Å². The van der Waals surface area contributed by atoms with Crippen molar-refractivity contribution in [2.45, 2.75) is 0 Å². The molecule has 4 aromatic carbocycles. The lowest BCUT2D eigenvalue weighted by atomic mass is 10.1. The first-order valence-electron chi connectivity index (χ1n) is 12.7. The molecule has 6 aromatic rings. The second-order valence-electron chi connectivity index (χ2n) is 8.93. The Morgan fingerprint density at radius 3 is 1.33 bits per heavy atom. The maximum atomic E-state index is 11.4. The van der Waals surface area contributed by atoms with Crippen molar-refractivity contribution in [2.75, 3.05) is 0 Å². The second-order valence-corrected chi connectivity index (χ2v) is 13.3. The first-order valence-corrected chi connectivity index (χ1v) is 15.4. The lowest BCUT2D eigenvalue weighted by Crippen LogP contribution is -2.26. The molecule has 0 spiro atoms. The van der Waals surface area contributed by atoms with Crippen molar-refractivity contribution in [2.24, 2.45) is 0 Å². The van der Waals surface area contributed by atoms with Gasteiger partial charge in [0.15, 0.2) is 0 Å². The standard InChI is InChI=1S/C34H26N2OP2/c37-34-33(32(22-24-36-34)39(28-17-9-3-10-18-28)29-19-11-4-12-20-29)30-25-35-23-21-31(30)38(26-13-5-1-6-14-26)27-15-7-2-8-16-27/h1-25H,(H,36,37). The molecule has 6 rings (SSSR count). The van der Waals surface area contributed by atoms with Gasteiger partial charge in [0.2, 0.25) is 5.88 Å². The van der Waals surface area contributed by atoms with Crippen LogP contribution in [0.1, 0.15) is 0 Å². The molecule has 0 saturated heterocycles. The molecule has 0 radical (unpaired) electrons. The van der Waals surface area contributed by atoms with Crippen LogP contribution in [0.25, 0.3) is 11.1 Å². The number of aromatic hydroxyl groups is 1. The molecule has 0 amide bonds. The molecule has 39 heavy (non-hydrogen) atoms. The highest BCUT2D eigenvalue weighted by atomic mass is 31.1. The van der Waals surface area contributed by atoms with Gasteiger partial charge < -0.3 is 5.11 Å². The van der Waals surface area contributed by atoms with Crippen LogP contribution < -0.4 is 31.8 Å². The highest BCUT2D eigenvalue weighted by Gasteiger charge is 2.27. The van der Waals surface area contributed by atoms with E-state index >= 15 is 0 Å². The Hall–Kier alpha value is -4.16. The van der Waals surface area contributed by atoms with Crippen molar-refractivity contribution in [3.8, 4) is 17.0 Å². The predicted octanol–water partition coefficient (Wildman–Crippen LogP) is 5.37. The zero-order valence-corrected chi connectivity index (χ0v) is 23.0. The van der Waals surface area contributed by atoms with Crippen molar-refractivity contribution in [1.29, 1.82) is 0 Å². The third kappa shape index (κ3) is 5.25. The van der Waals surface area contributed by atoms with Crippen LogP contribution in [0.15, 0.2) is 152 Å². The molecule has 0 fully saturated rings. The number of hydrogen-bond acceptors (Lipinski definition) is 3. The number of rotatable bonds is 7. The number of benzene rings is 4. The summed E-state index contributed by atoms with van der Waals surface area (Å²) in [6.07, 6.45) is 5.45. The first kappa shape index (κ1) is 25.1. The van der Waals surface area contributed by atoms with E-state index in [1.165, 1.54) is 21.2 Å². The first-order chi connectivity index (χ1) is 19.3. The maximum Gasteiger partial charge on any atom is 0.219 e. The molecule has 2 heterocycles. The Bertz CT molecular complexity index is 1590. The van der Waals surface area contributed by atoms with Gasteiger partial charge in [0, 0.05) is 24.2 Å². The van der Waals surface area contributed by atoms with Gasteiger partial charge >= 0.3 is 0 Å². The molecule has 2 aromatic heterocycles. The molecule has 0 bridgehead atoms. The molecule has 188 valence electrons. The van der Waals surface area contributed by atoms with Crippen LogP contribution in [-0.4, -0.2) is 15.1 Å². The molecule has 3 nitrogen and oxygen atoms in total. The highest BCUT2D eigenvalue weighted by Crippen LogP contribution is 2.42. The fraction of sp³-hybridized carbons (Fsp3) is 0. The minimum atomic E-state index is -0.967. The van der Waals surface area contributed by atoms with Gasteiger partial charge in [-0.05, 0) is 59.8 Å². The summed E-state index contributed by atoms with van der Waals surface area (Å²) in [7, 11) is -1.88. The van der Waals surface area contributed by atoms with E-state index in [1.807, 2.05) is 36.7 Å². The maximum absolute atomic E-state index is 11.4. The molecular formula is C34H26N2OP2. The smallest absolute Gasteiger partial charge is 0.219 e. The van der Waals surface area contributed by atoms with Crippen molar-refractivity contribution in [3.05, 3.63) is 152 Å². The average molecular weight is 541 g/mol. The normalized spacial score (nSPS) is 11.1. The molecule has 0 unspecified atom stereocenters. The van der Waals surface area contributed by atoms with E-state index in [-0.39, 0.29) is 5.88 Å². The quantitative estimate of drug-likeness (QED) is 0.277. The van der Waals surface area contributed by atoms with E-state index in [2.05, 4.69) is 119 Å². The number of nitrogens with zero attached hydrogens (tertiary/aromatic N) is 2. The van der Waals surface area contributed by atoms with Gasteiger partial charge in [0.05, 0.1) is 5.56 Å². The van der Waals surface area contributed by atoms with Crippen LogP contribution in [0.5, 0.6) is 5.88 Å². The number of aromatic nitrogens is 2. The average Bonchev–Trinajstić information content (AvgIpc) is 3.00. The van der Waals surface area contributed by atoms with Crippen molar-refractivity contribution in [3.63, 3.8) is 0 Å². The highest BCUT2D eigenvalue weighted by molar-refractivity contribution is 7.80. The lowest BCUT2D eigenvalue weighted by Gasteiger charge is -2.26. The van der Waals surface area contributed by atoms with Crippen LogP contribution >= 0.6 is 15.8 Å². The van der Waals surface area contributed by atoms with Gasteiger partial charge in [-0.1, -0.05) is 121 Å². The van der Waals surface area contributed by atoms with E-state index < -0.39 is 15.8 Å². The fourth-order valence-corrected chi connectivity index (χ4v) is 9.70. The van der Waals surface area contributed by atoms with Crippen LogP contribution in [0.4, 0.5) is 0 Å². The molecule has 1 N–H and O–H groups in total. The summed E-state index contributed by atoms with van der Waals surface area (Å²) in [6.45, 7) is 0. The van der Waals surface area contributed by atoms with Gasteiger partial charge in [-0.2, -0.15) is 0 Å². The van der Waals surface area contributed by atoms with E-state index in [0.29, 0.717) is 0 Å². The van der Waals surface area contributed by atoms with Gasteiger partial charge in [0.25, 0.3) is 0 Å². The molecule has 5 heteroatoms. The van der Waals surface area contributed by atoms with E-state index in [4.69, 9.17) is 0 Å². The number of hydrogen-bond donors (Lipinski definition) is 1. The predicted molar refractivity (Wildman–Crippen MR) is 167 cm³/mol. The van der Waals surface area contributed by atoms with E-state index in [0.717, 1.165) is 21.7 Å². The molecule has 0 saturated carbocycles. The van der Waals surface area contributed by atoms with Gasteiger partial charge in [0.1, 0.15) is 0 Å². The Balaban J connectivity index is 1.61. The Labute approximate surface area is 231 Å². The SMILES string of the molecule is Oc1nccc(P(c2ccccc2)c2ccccc2)c1-c1cnccc1P(c1ccccc1)c1ccccc1. The third-order valence-electron chi connectivity index (χ3n) is 6.52. The third-order valence-corrected chi connectivity index (χ3v) is 11.5. The molecular weight excluding hydrogens is 514 g/mol. The Morgan fingerprint density at radius 1 is 0.462 bits per heavy atom. The summed E-state index contributed by atoms with van der Waals surface area (Å²) in [4.78, 5) is 8.93. The molecule has 0 aliphatic carbocycles. The second kappa shape index (κ2) is 11.7. The summed E-state index contributed by atoms with van der Waals surface area (Å²) < 4.78 is 0. The van der Waals surface area contributed by atoms with Crippen molar-refractivity contribution < 1.29 is 5.11 Å². The van der Waals surface area contributed by atoms with Gasteiger partial charge in [-0.15, -0.1) is 0 Å². The van der Waals surface area contributed by atoms with Crippen LogP contribution in [0.2, 0.25) is 0 Å². The molecule has 0 aliphatic heterocycles. The lowest BCUT2D eigenvalue weighted by molar-refractivity contribution is 0.456. The zero-order valence-electron chi connectivity index (χ0n) is 21.2. The molecule has 0 aliphatic rings. The Kier molecular flexibility index (Phi) is 7.54. The molecule has 0 atom stereocenters.